The van der Waals surface area contributed by atoms with E-state index in [9.17, 15) is 15.0 Å². The van der Waals surface area contributed by atoms with Crippen molar-refractivity contribution in [3.8, 4) is 11.5 Å². The van der Waals surface area contributed by atoms with Gasteiger partial charge in [-0.1, -0.05) is 42.3 Å². The van der Waals surface area contributed by atoms with Gasteiger partial charge in [0.25, 0.3) is 0 Å². The molecule has 310 valence electrons. The fourth-order valence-electron chi connectivity index (χ4n) is 9.03. The van der Waals surface area contributed by atoms with E-state index in [-0.39, 0.29) is 50.6 Å². The van der Waals surface area contributed by atoms with Crippen molar-refractivity contribution in [2.24, 2.45) is 22.9 Å². The minimum Gasteiger partial charge on any atom is -0.487 e. The lowest BCUT2D eigenvalue weighted by molar-refractivity contribution is -0.254. The van der Waals surface area contributed by atoms with Gasteiger partial charge in [-0.15, -0.1) is 13.2 Å². The predicted molar refractivity (Wildman–Crippen MR) is 217 cm³/mol. The monoisotopic (exact) mass is 787 g/mol. The summed E-state index contributed by atoms with van der Waals surface area (Å²) in [6.45, 7) is 11.2. The third kappa shape index (κ3) is 9.91. The average Bonchev–Trinajstić information content (AvgIpc) is 3.22. The maximum atomic E-state index is 13.9. The summed E-state index contributed by atoms with van der Waals surface area (Å²) in [5.41, 5.74) is 4.39. The minimum atomic E-state index is -1.37. The van der Waals surface area contributed by atoms with Gasteiger partial charge in [0.2, 0.25) is 12.1 Å². The van der Waals surface area contributed by atoms with Crippen LogP contribution in [0.25, 0.3) is 0 Å². The van der Waals surface area contributed by atoms with E-state index in [0.29, 0.717) is 49.7 Å². The number of aliphatic hydroxyl groups is 2. The van der Waals surface area contributed by atoms with Crippen LogP contribution in [0.15, 0.2) is 78.5 Å². The lowest BCUT2D eigenvalue weighted by Crippen LogP contribution is -2.69. The van der Waals surface area contributed by atoms with Crippen LogP contribution in [0.3, 0.4) is 0 Å². The number of rotatable bonds is 20. The number of aromatic nitrogens is 1. The Bertz CT molecular complexity index is 1730. The van der Waals surface area contributed by atoms with Crippen molar-refractivity contribution < 1.29 is 43.5 Å². The number of aryl methyl sites for hydroxylation is 1. The third-order valence-electron chi connectivity index (χ3n) is 11.7. The highest BCUT2D eigenvalue weighted by Crippen LogP contribution is 2.61. The first-order chi connectivity index (χ1) is 27.8. The second-order valence-electron chi connectivity index (χ2n) is 15.5. The van der Waals surface area contributed by atoms with Crippen molar-refractivity contribution in [1.29, 1.82) is 0 Å². The van der Waals surface area contributed by atoms with Crippen molar-refractivity contribution >= 4 is 11.8 Å². The van der Waals surface area contributed by atoms with Crippen LogP contribution >= 0.6 is 0 Å². The van der Waals surface area contributed by atoms with E-state index in [1.165, 1.54) is 0 Å². The normalized spacial score (nSPS) is 26.9. The van der Waals surface area contributed by atoms with Crippen LogP contribution in [-0.4, -0.2) is 90.1 Å². The van der Waals surface area contributed by atoms with Crippen LogP contribution < -0.4 is 9.47 Å². The highest BCUT2D eigenvalue weighted by atomic mass is 16.8. The molecule has 2 aromatic rings. The maximum Gasteiger partial charge on any atom is 0.409 e. The van der Waals surface area contributed by atoms with Crippen molar-refractivity contribution in [3.63, 3.8) is 0 Å². The van der Waals surface area contributed by atoms with Gasteiger partial charge in [-0.3, -0.25) is 4.98 Å². The molecule has 0 radical (unpaired) electrons. The lowest BCUT2D eigenvalue weighted by Gasteiger charge is -2.59. The summed E-state index contributed by atoms with van der Waals surface area (Å²) < 4.78 is 32.2. The number of amides is 1. The Hall–Kier alpha value is -4.23. The first kappa shape index (κ1) is 42.4. The molecule has 12 heteroatoms. The number of carbonyl (C=O) groups is 1. The third-order valence-corrected chi connectivity index (χ3v) is 11.7. The molecule has 1 aromatic carbocycles. The lowest BCUT2D eigenvalue weighted by atomic mass is 9.55. The second-order valence-corrected chi connectivity index (χ2v) is 15.5. The summed E-state index contributed by atoms with van der Waals surface area (Å²) in [5, 5.41) is 24.6. The van der Waals surface area contributed by atoms with E-state index < -0.39 is 30.1 Å². The number of oxime groups is 1. The topological polar surface area (TPSA) is 141 Å². The van der Waals surface area contributed by atoms with Crippen molar-refractivity contribution in [2.45, 2.75) is 108 Å². The molecule has 1 saturated heterocycles. The quantitative estimate of drug-likeness (QED) is 0.0777. The highest BCUT2D eigenvalue weighted by molar-refractivity contribution is 6.02. The molecule has 4 aliphatic rings. The maximum absolute atomic E-state index is 13.9. The molecule has 2 N–H and O–H groups in total. The summed E-state index contributed by atoms with van der Waals surface area (Å²) in [6, 6.07) is 11.1. The fourth-order valence-corrected chi connectivity index (χ4v) is 9.03. The Labute approximate surface area is 337 Å². The number of fused-ring (bicyclic) bond motifs is 2. The summed E-state index contributed by atoms with van der Waals surface area (Å²) in [5.74, 6) is -0.475. The zero-order valence-electron chi connectivity index (χ0n) is 33.7. The van der Waals surface area contributed by atoms with E-state index in [0.717, 1.165) is 67.5 Å². The first-order valence-corrected chi connectivity index (χ1v) is 20.7. The number of aliphatic hydroxyl groups excluding tert-OH is 2. The molecule has 7 atom stereocenters. The summed E-state index contributed by atoms with van der Waals surface area (Å²) in [6.07, 6.45) is 13.0. The number of nitrogens with zero attached hydrogens (tertiary/aromatic N) is 3. The summed E-state index contributed by atoms with van der Waals surface area (Å²) in [7, 11) is 1.72. The smallest absolute Gasteiger partial charge is 0.409 e. The van der Waals surface area contributed by atoms with E-state index >= 15 is 0 Å². The molecule has 57 heavy (non-hydrogen) atoms. The molecule has 12 nitrogen and oxygen atoms in total. The SMILES string of the molecule is C=CCCOC(=O)N(C)C1CC(=NOC2CCCCO2)C2=CC(CCCCO)C(CCCCO)C3c4cc(OCc5cccc(C)n5)ccc4OC1(OCC=C)C23. The molecule has 7 unspecified atom stereocenters. The molecule has 2 fully saturated rings. The van der Waals surface area contributed by atoms with Gasteiger partial charge in [0.1, 0.15) is 24.1 Å². The number of hydrogen-bond acceptors (Lipinski definition) is 11. The van der Waals surface area contributed by atoms with Crippen LogP contribution in [-0.2, 0) is 25.7 Å². The molecular formula is C45H61N3O9. The zero-order valence-corrected chi connectivity index (χ0v) is 33.7. The molecular weight excluding hydrogens is 727 g/mol. The number of carbonyl (C=O) groups excluding carboxylic acids is 1. The van der Waals surface area contributed by atoms with Crippen LogP contribution in [0.1, 0.15) is 93.5 Å². The Balaban J connectivity index is 1.52. The summed E-state index contributed by atoms with van der Waals surface area (Å²) in [4.78, 5) is 26.3. The minimum absolute atomic E-state index is 0.0829. The number of pyridine rings is 1. The molecule has 0 spiro atoms. The van der Waals surface area contributed by atoms with Gasteiger partial charge in [0.05, 0.1) is 37.1 Å². The molecule has 0 bridgehead atoms. The van der Waals surface area contributed by atoms with E-state index in [1.807, 2.05) is 37.3 Å². The Morgan fingerprint density at radius 2 is 1.91 bits per heavy atom. The molecule has 6 rings (SSSR count). The van der Waals surface area contributed by atoms with Crippen molar-refractivity contribution in [1.82, 2.24) is 9.88 Å². The average molecular weight is 788 g/mol. The van der Waals surface area contributed by atoms with Crippen molar-refractivity contribution in [2.75, 3.05) is 40.1 Å². The second kappa shape index (κ2) is 20.5. The van der Waals surface area contributed by atoms with Gasteiger partial charge in [0, 0.05) is 50.3 Å². The predicted octanol–water partition coefficient (Wildman–Crippen LogP) is 7.77. The van der Waals surface area contributed by atoms with E-state index in [1.54, 1.807) is 24.1 Å². The first-order valence-electron chi connectivity index (χ1n) is 20.7. The van der Waals surface area contributed by atoms with Crippen molar-refractivity contribution in [3.05, 3.63) is 90.3 Å². The molecule has 1 amide bonds. The number of unbranched alkanes of at least 4 members (excludes halogenated alkanes) is 2. The van der Waals surface area contributed by atoms with Crippen LogP contribution in [0.5, 0.6) is 11.5 Å². The highest BCUT2D eigenvalue weighted by Gasteiger charge is 2.65. The largest absolute Gasteiger partial charge is 0.487 e. The summed E-state index contributed by atoms with van der Waals surface area (Å²) >= 11 is 0. The van der Waals surface area contributed by atoms with Crippen LogP contribution in [0, 0.1) is 24.7 Å². The molecule has 1 aromatic heterocycles. The molecule has 2 aliphatic heterocycles. The Morgan fingerprint density at radius 1 is 1.09 bits per heavy atom. The van der Waals surface area contributed by atoms with E-state index in [4.69, 9.17) is 33.7 Å². The number of likely N-dealkylation sites (N-methyl/N-ethyl adjacent to an activating group) is 1. The zero-order chi connectivity index (χ0) is 40.2. The van der Waals surface area contributed by atoms with Crippen LogP contribution in [0.4, 0.5) is 4.79 Å². The number of allylic oxidation sites excluding steroid dienone is 1. The fraction of sp³-hybridized carbons (Fsp3) is 0.578. The number of hydrogen-bond donors (Lipinski definition) is 2. The molecule has 1 saturated carbocycles. The molecule has 2 aliphatic carbocycles. The van der Waals surface area contributed by atoms with E-state index in [2.05, 4.69) is 30.3 Å². The van der Waals surface area contributed by atoms with Gasteiger partial charge in [-0.25, -0.2) is 4.79 Å². The number of benzene rings is 1. The molecule has 3 heterocycles. The Kier molecular flexibility index (Phi) is 15.2. The van der Waals surface area contributed by atoms with Gasteiger partial charge in [0.15, 0.2) is 0 Å². The van der Waals surface area contributed by atoms with Gasteiger partial charge in [-0.05, 0) is 99.6 Å². The Morgan fingerprint density at radius 3 is 2.65 bits per heavy atom. The van der Waals surface area contributed by atoms with Gasteiger partial charge in [-0.2, -0.15) is 0 Å². The number of ether oxygens (including phenoxy) is 5. The standard InChI is InChI=1S/C45H61N3O9/c1-5-7-25-53-44(51)48(4)40-29-38(47-57-41-19-10-13-26-52-41)36-27-32(16-8-11-22-49)35(18-9-12-23-50)42-37-28-34(54-30-33-17-14-15-31(3)46-33)20-21-39(37)56-45(40,43(36)42)55-24-6-2/h5-6,14-15,17,20-21,27-28,32,35,40-43,49-50H,1-2,7-13,16,18-19,22-26,29-30H2,3-4H3. The van der Waals surface area contributed by atoms with Gasteiger partial charge >= 0.3 is 6.09 Å². The van der Waals surface area contributed by atoms with Gasteiger partial charge < -0.3 is 43.6 Å². The van der Waals surface area contributed by atoms with Crippen LogP contribution in [0.2, 0.25) is 0 Å².